The number of nitrogens with zero attached hydrogens (tertiary/aromatic N) is 1. The van der Waals surface area contributed by atoms with E-state index in [1.807, 2.05) is 11.9 Å². The topological polar surface area (TPSA) is 41.6 Å². The molecule has 0 radical (unpaired) electrons. The van der Waals surface area contributed by atoms with Gasteiger partial charge in [0.1, 0.15) is 0 Å². The molecule has 106 valence electrons. The number of nitrogens with one attached hydrogen (secondary N) is 1. The van der Waals surface area contributed by atoms with Crippen molar-refractivity contribution in [3.8, 4) is 0 Å². The smallest absolute Gasteiger partial charge is 0.222 e. The van der Waals surface area contributed by atoms with Gasteiger partial charge >= 0.3 is 0 Å². The van der Waals surface area contributed by atoms with E-state index in [0.717, 1.165) is 19.4 Å². The van der Waals surface area contributed by atoms with Crippen LogP contribution in [0.1, 0.15) is 45.4 Å². The highest BCUT2D eigenvalue weighted by Gasteiger charge is 2.33. The van der Waals surface area contributed by atoms with E-state index in [1.165, 1.54) is 19.3 Å². The molecule has 0 saturated carbocycles. The van der Waals surface area contributed by atoms with Gasteiger partial charge in [-0.1, -0.05) is 26.2 Å². The molecule has 0 aromatic heterocycles. The first-order valence-corrected chi connectivity index (χ1v) is 7.18. The molecule has 1 saturated heterocycles. The number of likely N-dealkylation sites (tertiary alicyclic amines) is 1. The Kier molecular flexibility index (Phi) is 7.28. The number of hydrogen-bond donors (Lipinski definition) is 1. The highest BCUT2D eigenvalue weighted by Crippen LogP contribution is 2.20. The average Bonchev–Trinajstić information content (AvgIpc) is 2.78. The van der Waals surface area contributed by atoms with Gasteiger partial charge in [0.05, 0.1) is 12.6 Å². The highest BCUT2D eigenvalue weighted by molar-refractivity contribution is 5.77. The predicted octanol–water partition coefficient (Wildman–Crippen LogP) is 1.79. The molecule has 18 heavy (non-hydrogen) atoms. The molecule has 1 N–H and O–H groups in total. The number of hydrogen-bond acceptors (Lipinski definition) is 3. The monoisotopic (exact) mass is 256 g/mol. The molecule has 0 bridgehead atoms. The van der Waals surface area contributed by atoms with Gasteiger partial charge in [0.25, 0.3) is 0 Å². The van der Waals surface area contributed by atoms with Gasteiger partial charge in [-0.15, -0.1) is 0 Å². The summed E-state index contributed by atoms with van der Waals surface area (Å²) in [6.07, 6.45) is 6.33. The molecular formula is C14H28N2O2. The quantitative estimate of drug-likeness (QED) is 0.673. The Morgan fingerprint density at radius 1 is 1.39 bits per heavy atom. The number of likely N-dealkylation sites (N-methyl/N-ethyl adjacent to an activating group) is 1. The lowest BCUT2D eigenvalue weighted by atomic mass is 10.1. The highest BCUT2D eigenvalue weighted by atomic mass is 16.5. The molecule has 4 heteroatoms. The van der Waals surface area contributed by atoms with Crippen molar-refractivity contribution >= 4 is 5.91 Å². The minimum Gasteiger partial charge on any atom is -0.383 e. The van der Waals surface area contributed by atoms with Gasteiger partial charge in [-0.25, -0.2) is 0 Å². The SMILES string of the molecule is CCCCCCC(=O)N1C[C@H](NC)CC1COC. The van der Waals surface area contributed by atoms with E-state index in [1.54, 1.807) is 7.11 Å². The molecular weight excluding hydrogens is 228 g/mol. The van der Waals surface area contributed by atoms with Crippen LogP contribution in [-0.2, 0) is 9.53 Å². The summed E-state index contributed by atoms with van der Waals surface area (Å²) in [6.45, 7) is 3.67. The summed E-state index contributed by atoms with van der Waals surface area (Å²) in [4.78, 5) is 14.2. The number of carbonyl (C=O) groups excluding carboxylic acids is 1. The minimum absolute atomic E-state index is 0.256. The van der Waals surface area contributed by atoms with E-state index >= 15 is 0 Å². The lowest BCUT2D eigenvalue weighted by molar-refractivity contribution is -0.133. The summed E-state index contributed by atoms with van der Waals surface area (Å²) in [5.74, 6) is 0.297. The molecule has 0 aliphatic carbocycles. The van der Waals surface area contributed by atoms with Crippen molar-refractivity contribution in [3.63, 3.8) is 0 Å². The molecule has 1 aliphatic rings. The first-order chi connectivity index (χ1) is 8.72. The third kappa shape index (κ3) is 4.58. The van der Waals surface area contributed by atoms with Crippen LogP contribution in [-0.4, -0.2) is 50.2 Å². The Labute approximate surface area is 111 Å². The second-order valence-corrected chi connectivity index (χ2v) is 5.19. The summed E-state index contributed by atoms with van der Waals surface area (Å²) in [5.41, 5.74) is 0. The first-order valence-electron chi connectivity index (χ1n) is 7.18. The largest absolute Gasteiger partial charge is 0.383 e. The summed E-state index contributed by atoms with van der Waals surface area (Å²) < 4.78 is 5.22. The van der Waals surface area contributed by atoms with Gasteiger partial charge in [0, 0.05) is 26.1 Å². The van der Waals surface area contributed by atoms with Gasteiger partial charge in [-0.2, -0.15) is 0 Å². The molecule has 1 rings (SSSR count). The van der Waals surface area contributed by atoms with E-state index in [9.17, 15) is 4.79 Å². The summed E-state index contributed by atoms with van der Waals surface area (Å²) in [7, 11) is 3.67. The number of unbranched alkanes of at least 4 members (excludes halogenated alkanes) is 3. The zero-order valence-corrected chi connectivity index (χ0v) is 12.1. The molecule has 1 amide bonds. The zero-order chi connectivity index (χ0) is 13.4. The lowest BCUT2D eigenvalue weighted by Crippen LogP contribution is -2.38. The van der Waals surface area contributed by atoms with E-state index < -0.39 is 0 Å². The molecule has 0 spiro atoms. The Hall–Kier alpha value is -0.610. The minimum atomic E-state index is 0.256. The van der Waals surface area contributed by atoms with Crippen LogP contribution in [0.5, 0.6) is 0 Å². The Morgan fingerprint density at radius 3 is 2.78 bits per heavy atom. The summed E-state index contributed by atoms with van der Waals surface area (Å²) in [6, 6.07) is 0.677. The number of ether oxygens (including phenoxy) is 1. The third-order valence-electron chi connectivity index (χ3n) is 3.75. The molecule has 1 unspecified atom stereocenters. The normalized spacial score (nSPS) is 23.6. The van der Waals surface area contributed by atoms with E-state index in [4.69, 9.17) is 4.74 Å². The third-order valence-corrected chi connectivity index (χ3v) is 3.75. The predicted molar refractivity (Wildman–Crippen MR) is 73.6 cm³/mol. The van der Waals surface area contributed by atoms with Crippen LogP contribution in [0.4, 0.5) is 0 Å². The number of rotatable bonds is 8. The van der Waals surface area contributed by atoms with Crippen molar-refractivity contribution in [2.75, 3.05) is 27.3 Å². The van der Waals surface area contributed by atoms with Crippen LogP contribution in [0.3, 0.4) is 0 Å². The van der Waals surface area contributed by atoms with Crippen LogP contribution in [0.15, 0.2) is 0 Å². The zero-order valence-electron chi connectivity index (χ0n) is 12.1. The van der Waals surface area contributed by atoms with E-state index in [-0.39, 0.29) is 6.04 Å². The van der Waals surface area contributed by atoms with E-state index in [0.29, 0.717) is 25.0 Å². The summed E-state index contributed by atoms with van der Waals surface area (Å²) in [5, 5.41) is 3.26. The fraction of sp³-hybridized carbons (Fsp3) is 0.929. The van der Waals surface area contributed by atoms with Crippen molar-refractivity contribution in [2.24, 2.45) is 0 Å². The van der Waals surface area contributed by atoms with Crippen molar-refractivity contribution < 1.29 is 9.53 Å². The van der Waals surface area contributed by atoms with Gasteiger partial charge in [0.15, 0.2) is 0 Å². The molecule has 1 heterocycles. The maximum Gasteiger partial charge on any atom is 0.222 e. The second kappa shape index (κ2) is 8.48. The maximum atomic E-state index is 12.2. The van der Waals surface area contributed by atoms with Crippen LogP contribution >= 0.6 is 0 Å². The van der Waals surface area contributed by atoms with Gasteiger partial charge in [-0.3, -0.25) is 4.79 Å². The molecule has 1 aliphatic heterocycles. The van der Waals surface area contributed by atoms with Gasteiger partial charge in [-0.05, 0) is 19.9 Å². The molecule has 4 nitrogen and oxygen atoms in total. The number of amides is 1. The first kappa shape index (κ1) is 15.4. The number of carbonyl (C=O) groups is 1. The average molecular weight is 256 g/mol. The van der Waals surface area contributed by atoms with Gasteiger partial charge < -0.3 is 15.0 Å². The Bertz CT molecular complexity index is 246. The van der Waals surface area contributed by atoms with Crippen molar-refractivity contribution in [2.45, 2.75) is 57.5 Å². The van der Waals surface area contributed by atoms with Crippen molar-refractivity contribution in [3.05, 3.63) is 0 Å². The molecule has 2 atom stereocenters. The Morgan fingerprint density at radius 2 is 2.17 bits per heavy atom. The van der Waals surface area contributed by atoms with Crippen molar-refractivity contribution in [1.82, 2.24) is 10.2 Å². The second-order valence-electron chi connectivity index (χ2n) is 5.19. The molecule has 0 aromatic rings. The van der Waals surface area contributed by atoms with Gasteiger partial charge in [0.2, 0.25) is 5.91 Å². The fourth-order valence-electron chi connectivity index (χ4n) is 2.63. The van der Waals surface area contributed by atoms with Crippen LogP contribution in [0, 0.1) is 0 Å². The standard InChI is InChI=1S/C14H28N2O2/c1-4-5-6-7-8-14(17)16-10-12(15-2)9-13(16)11-18-3/h12-13,15H,4-11H2,1-3H3/t12-,13?/m1/s1. The fourth-order valence-corrected chi connectivity index (χ4v) is 2.63. The van der Waals surface area contributed by atoms with Crippen LogP contribution in [0.25, 0.3) is 0 Å². The lowest BCUT2D eigenvalue weighted by Gasteiger charge is -2.24. The summed E-state index contributed by atoms with van der Waals surface area (Å²) >= 11 is 0. The Balaban J connectivity index is 2.38. The molecule has 1 fully saturated rings. The van der Waals surface area contributed by atoms with Crippen LogP contribution < -0.4 is 5.32 Å². The van der Waals surface area contributed by atoms with E-state index in [2.05, 4.69) is 12.2 Å². The van der Waals surface area contributed by atoms with Crippen LogP contribution in [0.2, 0.25) is 0 Å². The number of methoxy groups -OCH3 is 1. The van der Waals surface area contributed by atoms with Crippen molar-refractivity contribution in [1.29, 1.82) is 0 Å². The maximum absolute atomic E-state index is 12.2. The molecule has 0 aromatic carbocycles.